The first-order chi connectivity index (χ1) is 10.0. The minimum absolute atomic E-state index is 0.00142. The lowest BCUT2D eigenvalue weighted by Gasteiger charge is -2.22. The zero-order valence-corrected chi connectivity index (χ0v) is 12.1. The Balaban J connectivity index is 1.91. The van der Waals surface area contributed by atoms with Gasteiger partial charge in [0.25, 0.3) is 0 Å². The Hall–Kier alpha value is -2.24. The number of nitrogens with one attached hydrogen (secondary N) is 1. The largest absolute Gasteiger partial charge is 0.486 e. The van der Waals surface area contributed by atoms with Crippen molar-refractivity contribution in [2.45, 2.75) is 32.6 Å². The van der Waals surface area contributed by atoms with Crippen molar-refractivity contribution in [3.05, 3.63) is 24.3 Å². The second-order valence-electron chi connectivity index (χ2n) is 5.63. The molecule has 0 radical (unpaired) electrons. The normalized spacial score (nSPS) is 17.5. The summed E-state index contributed by atoms with van der Waals surface area (Å²) in [6, 6.07) is 7.02. The van der Waals surface area contributed by atoms with Crippen LogP contribution < -0.4 is 15.8 Å². The van der Waals surface area contributed by atoms with Gasteiger partial charge in [0.15, 0.2) is 5.84 Å². The topological polar surface area (TPSA) is 96.9 Å². The Morgan fingerprint density at radius 1 is 1.38 bits per heavy atom. The SMILES string of the molecule is CC1(C(=O)Nc2ccc(OC/C(N)=N/O)cc2)CCCC1. The third kappa shape index (κ3) is 3.87. The molecule has 0 aromatic heterocycles. The van der Waals surface area contributed by atoms with Gasteiger partial charge >= 0.3 is 0 Å². The zero-order chi connectivity index (χ0) is 15.3. The number of oxime groups is 1. The van der Waals surface area contributed by atoms with Gasteiger partial charge in [-0.15, -0.1) is 0 Å². The summed E-state index contributed by atoms with van der Waals surface area (Å²) in [6.45, 7) is 2.03. The van der Waals surface area contributed by atoms with Crippen LogP contribution in [0, 0.1) is 5.41 Å². The molecule has 2 rings (SSSR count). The minimum atomic E-state index is -0.249. The number of amides is 1. The van der Waals surface area contributed by atoms with Crippen LogP contribution in [0.1, 0.15) is 32.6 Å². The van der Waals surface area contributed by atoms with E-state index in [1.807, 2.05) is 6.92 Å². The molecule has 0 spiro atoms. The summed E-state index contributed by atoms with van der Waals surface area (Å²) in [5.41, 5.74) is 5.81. The minimum Gasteiger partial charge on any atom is -0.486 e. The molecule has 0 bridgehead atoms. The van der Waals surface area contributed by atoms with Crippen molar-refractivity contribution < 1.29 is 14.7 Å². The summed E-state index contributed by atoms with van der Waals surface area (Å²) in [7, 11) is 0. The number of amidine groups is 1. The van der Waals surface area contributed by atoms with Crippen molar-refractivity contribution >= 4 is 17.4 Å². The van der Waals surface area contributed by atoms with Crippen LogP contribution in [0.2, 0.25) is 0 Å². The highest BCUT2D eigenvalue weighted by molar-refractivity contribution is 5.95. The van der Waals surface area contributed by atoms with Crippen molar-refractivity contribution in [3.63, 3.8) is 0 Å². The van der Waals surface area contributed by atoms with Gasteiger partial charge in [-0.1, -0.05) is 24.9 Å². The van der Waals surface area contributed by atoms with Crippen LogP contribution in [-0.2, 0) is 4.79 Å². The first-order valence-electron chi connectivity index (χ1n) is 7.04. The fourth-order valence-electron chi connectivity index (χ4n) is 2.49. The number of carbonyl (C=O) groups is 1. The van der Waals surface area contributed by atoms with Crippen LogP contribution in [0.4, 0.5) is 5.69 Å². The molecule has 0 aliphatic heterocycles. The van der Waals surface area contributed by atoms with E-state index in [2.05, 4.69) is 10.5 Å². The van der Waals surface area contributed by atoms with Crippen molar-refractivity contribution in [2.24, 2.45) is 16.3 Å². The highest BCUT2D eigenvalue weighted by Crippen LogP contribution is 2.38. The Morgan fingerprint density at radius 3 is 2.57 bits per heavy atom. The van der Waals surface area contributed by atoms with E-state index in [0.717, 1.165) is 31.4 Å². The van der Waals surface area contributed by atoms with Gasteiger partial charge in [0.05, 0.1) is 0 Å². The fraction of sp³-hybridized carbons (Fsp3) is 0.467. The molecule has 4 N–H and O–H groups in total. The molecule has 1 aromatic carbocycles. The summed E-state index contributed by atoms with van der Waals surface area (Å²) in [5, 5.41) is 14.2. The highest BCUT2D eigenvalue weighted by Gasteiger charge is 2.36. The maximum Gasteiger partial charge on any atom is 0.230 e. The predicted octanol–water partition coefficient (Wildman–Crippen LogP) is 2.33. The molecule has 1 aromatic rings. The predicted molar refractivity (Wildman–Crippen MR) is 80.6 cm³/mol. The molecule has 21 heavy (non-hydrogen) atoms. The molecule has 6 heteroatoms. The molecular weight excluding hydrogens is 270 g/mol. The van der Waals surface area contributed by atoms with E-state index < -0.39 is 0 Å². The standard InChI is InChI=1S/C15H21N3O3/c1-15(8-2-3-9-15)14(19)17-11-4-6-12(7-5-11)21-10-13(16)18-20/h4-7,20H,2-3,8-10H2,1H3,(H2,16,18)(H,17,19). The first kappa shape index (κ1) is 15.2. The van der Waals surface area contributed by atoms with Crippen molar-refractivity contribution in [1.82, 2.24) is 0 Å². The van der Waals surface area contributed by atoms with Gasteiger partial charge in [-0.25, -0.2) is 0 Å². The number of nitrogens with zero attached hydrogens (tertiary/aromatic N) is 1. The van der Waals surface area contributed by atoms with Gasteiger partial charge in [-0.2, -0.15) is 0 Å². The molecule has 6 nitrogen and oxygen atoms in total. The van der Waals surface area contributed by atoms with Crippen LogP contribution in [0.5, 0.6) is 5.75 Å². The Bertz CT molecular complexity index is 519. The van der Waals surface area contributed by atoms with E-state index >= 15 is 0 Å². The monoisotopic (exact) mass is 291 g/mol. The molecule has 1 saturated carbocycles. The van der Waals surface area contributed by atoms with E-state index in [1.165, 1.54) is 0 Å². The number of nitrogens with two attached hydrogens (primary N) is 1. The lowest BCUT2D eigenvalue weighted by atomic mass is 9.88. The van der Waals surface area contributed by atoms with Gasteiger partial charge in [0.1, 0.15) is 12.4 Å². The lowest BCUT2D eigenvalue weighted by Crippen LogP contribution is -2.30. The van der Waals surface area contributed by atoms with Crippen LogP contribution >= 0.6 is 0 Å². The van der Waals surface area contributed by atoms with Crippen molar-refractivity contribution in [2.75, 3.05) is 11.9 Å². The number of ether oxygens (including phenoxy) is 1. The molecule has 1 aliphatic carbocycles. The van der Waals surface area contributed by atoms with Crippen LogP contribution in [0.15, 0.2) is 29.4 Å². The molecule has 0 unspecified atom stereocenters. The molecule has 1 aliphatic rings. The number of rotatable bonds is 5. The Kier molecular flexibility index (Phi) is 4.67. The quantitative estimate of drug-likeness (QED) is 0.336. The van der Waals surface area contributed by atoms with Gasteiger partial charge in [0, 0.05) is 11.1 Å². The lowest BCUT2D eigenvalue weighted by molar-refractivity contribution is -0.124. The smallest absolute Gasteiger partial charge is 0.230 e. The Labute approximate surface area is 124 Å². The number of carbonyl (C=O) groups excluding carboxylic acids is 1. The molecule has 0 atom stereocenters. The van der Waals surface area contributed by atoms with Crippen molar-refractivity contribution in [3.8, 4) is 5.75 Å². The molecular formula is C15H21N3O3. The van der Waals surface area contributed by atoms with Gasteiger partial charge in [0.2, 0.25) is 5.91 Å². The number of hydrogen-bond acceptors (Lipinski definition) is 4. The Morgan fingerprint density at radius 2 is 2.00 bits per heavy atom. The van der Waals surface area contributed by atoms with Gasteiger partial charge in [-0.3, -0.25) is 4.79 Å². The number of anilines is 1. The number of benzene rings is 1. The average molecular weight is 291 g/mol. The molecule has 114 valence electrons. The second-order valence-corrected chi connectivity index (χ2v) is 5.63. The zero-order valence-electron chi connectivity index (χ0n) is 12.1. The summed E-state index contributed by atoms with van der Waals surface area (Å²) in [4.78, 5) is 12.3. The fourth-order valence-corrected chi connectivity index (χ4v) is 2.49. The average Bonchev–Trinajstić information content (AvgIpc) is 2.94. The van der Waals surface area contributed by atoms with Crippen molar-refractivity contribution in [1.29, 1.82) is 0 Å². The van der Waals surface area contributed by atoms with Crippen LogP contribution in [-0.4, -0.2) is 23.6 Å². The first-order valence-corrected chi connectivity index (χ1v) is 7.04. The molecule has 0 saturated heterocycles. The maximum absolute atomic E-state index is 12.3. The van der Waals surface area contributed by atoms with E-state index in [4.69, 9.17) is 15.7 Å². The summed E-state index contributed by atoms with van der Waals surface area (Å²) < 4.78 is 5.31. The molecule has 1 amide bonds. The number of hydrogen-bond donors (Lipinski definition) is 3. The molecule has 0 heterocycles. The van der Waals surface area contributed by atoms with E-state index in [-0.39, 0.29) is 23.8 Å². The van der Waals surface area contributed by atoms with Crippen LogP contribution in [0.3, 0.4) is 0 Å². The third-order valence-electron chi connectivity index (χ3n) is 3.88. The van der Waals surface area contributed by atoms with Crippen LogP contribution in [0.25, 0.3) is 0 Å². The van der Waals surface area contributed by atoms with E-state index in [9.17, 15) is 4.79 Å². The highest BCUT2D eigenvalue weighted by atomic mass is 16.5. The van der Waals surface area contributed by atoms with E-state index in [1.54, 1.807) is 24.3 Å². The van der Waals surface area contributed by atoms with Gasteiger partial charge < -0.3 is 21.0 Å². The summed E-state index contributed by atoms with van der Waals surface area (Å²) in [5.74, 6) is 0.665. The molecule has 1 fully saturated rings. The summed E-state index contributed by atoms with van der Waals surface area (Å²) in [6.07, 6.45) is 4.12. The summed E-state index contributed by atoms with van der Waals surface area (Å²) >= 11 is 0. The third-order valence-corrected chi connectivity index (χ3v) is 3.88. The van der Waals surface area contributed by atoms with E-state index in [0.29, 0.717) is 5.75 Å². The second kappa shape index (κ2) is 6.47. The maximum atomic E-state index is 12.3. The van der Waals surface area contributed by atoms with Gasteiger partial charge in [-0.05, 0) is 37.1 Å².